The number of aromatic nitrogens is 2. The highest BCUT2D eigenvalue weighted by Crippen LogP contribution is 2.23. The van der Waals surface area contributed by atoms with Crippen molar-refractivity contribution >= 4 is 11.6 Å². The maximum Gasteiger partial charge on any atom is 0.255 e. The van der Waals surface area contributed by atoms with Gasteiger partial charge in [0.15, 0.2) is 0 Å². The predicted octanol–water partition coefficient (Wildman–Crippen LogP) is 4.29. The minimum Gasteiger partial charge on any atom is -0.322 e. The first kappa shape index (κ1) is 16.6. The van der Waals surface area contributed by atoms with Crippen molar-refractivity contribution in [2.45, 2.75) is 39.7 Å². The highest BCUT2D eigenvalue weighted by molar-refractivity contribution is 6.04. The van der Waals surface area contributed by atoms with Gasteiger partial charge in [-0.3, -0.25) is 9.48 Å². The molecule has 0 bridgehead atoms. The first-order valence-corrected chi connectivity index (χ1v) is 9.11. The molecule has 132 valence electrons. The number of hydrogen-bond donors (Lipinski definition) is 1. The third-order valence-corrected chi connectivity index (χ3v) is 4.98. The van der Waals surface area contributed by atoms with Crippen molar-refractivity contribution in [2.75, 3.05) is 5.32 Å². The molecule has 3 aromatic rings. The number of benzene rings is 2. The van der Waals surface area contributed by atoms with Crippen LogP contribution in [0.1, 0.15) is 44.9 Å². The molecule has 0 spiro atoms. The Balaban J connectivity index is 1.50. The number of anilines is 1. The number of nitrogens with one attached hydrogen (secondary N) is 1. The fourth-order valence-corrected chi connectivity index (χ4v) is 3.67. The molecule has 1 aliphatic rings. The number of aryl methyl sites for hydroxylation is 4. The largest absolute Gasteiger partial charge is 0.322 e. The minimum absolute atomic E-state index is 0.0528. The van der Waals surface area contributed by atoms with Crippen LogP contribution in [0.15, 0.2) is 48.5 Å². The van der Waals surface area contributed by atoms with Gasteiger partial charge in [-0.15, -0.1) is 0 Å². The van der Waals surface area contributed by atoms with Crippen molar-refractivity contribution in [3.8, 4) is 0 Å². The van der Waals surface area contributed by atoms with Gasteiger partial charge in [0.05, 0.1) is 12.2 Å². The predicted molar refractivity (Wildman–Crippen MR) is 104 cm³/mol. The third kappa shape index (κ3) is 3.40. The van der Waals surface area contributed by atoms with Gasteiger partial charge in [-0.2, -0.15) is 5.10 Å². The highest BCUT2D eigenvalue weighted by Gasteiger charge is 2.14. The van der Waals surface area contributed by atoms with Gasteiger partial charge in [-0.1, -0.05) is 18.2 Å². The SMILES string of the molecule is Cc1cc(C)n(Cc2cccc(NC(=O)c3ccc4c(c3)CCC4)c2)n1. The molecule has 0 fully saturated rings. The Bertz CT molecular complexity index is 971. The van der Waals surface area contributed by atoms with E-state index in [1.165, 1.54) is 17.5 Å². The molecule has 26 heavy (non-hydrogen) atoms. The number of fused-ring (bicyclic) bond motifs is 1. The smallest absolute Gasteiger partial charge is 0.255 e. The first-order chi connectivity index (χ1) is 12.6. The monoisotopic (exact) mass is 345 g/mol. The molecule has 4 rings (SSSR count). The summed E-state index contributed by atoms with van der Waals surface area (Å²) in [5.41, 5.74) is 7.51. The number of hydrogen-bond acceptors (Lipinski definition) is 2. The first-order valence-electron chi connectivity index (χ1n) is 9.11. The van der Waals surface area contributed by atoms with Gasteiger partial charge in [0.1, 0.15) is 0 Å². The van der Waals surface area contributed by atoms with Gasteiger partial charge in [0.2, 0.25) is 0 Å². The molecule has 4 heteroatoms. The molecule has 1 heterocycles. The van der Waals surface area contributed by atoms with E-state index in [2.05, 4.69) is 35.5 Å². The molecular formula is C22H23N3O. The quantitative estimate of drug-likeness (QED) is 0.767. The molecule has 0 radical (unpaired) electrons. The Hall–Kier alpha value is -2.88. The topological polar surface area (TPSA) is 46.9 Å². The second kappa shape index (κ2) is 6.79. The average molecular weight is 345 g/mol. The van der Waals surface area contributed by atoms with Crippen molar-refractivity contribution in [1.29, 1.82) is 0 Å². The Morgan fingerprint density at radius 2 is 1.92 bits per heavy atom. The van der Waals surface area contributed by atoms with E-state index >= 15 is 0 Å². The lowest BCUT2D eigenvalue weighted by atomic mass is 10.1. The van der Waals surface area contributed by atoms with E-state index in [1.807, 2.05) is 41.9 Å². The van der Waals surface area contributed by atoms with Crippen LogP contribution < -0.4 is 5.32 Å². The summed E-state index contributed by atoms with van der Waals surface area (Å²) in [5.74, 6) is -0.0528. The molecule has 0 aliphatic heterocycles. The van der Waals surface area contributed by atoms with Crippen LogP contribution in [-0.4, -0.2) is 15.7 Å². The summed E-state index contributed by atoms with van der Waals surface area (Å²) >= 11 is 0. The second-order valence-corrected chi connectivity index (χ2v) is 7.08. The normalized spacial score (nSPS) is 12.8. The van der Waals surface area contributed by atoms with Crippen LogP contribution >= 0.6 is 0 Å². The highest BCUT2D eigenvalue weighted by atomic mass is 16.1. The van der Waals surface area contributed by atoms with Crippen LogP contribution in [-0.2, 0) is 19.4 Å². The van der Waals surface area contributed by atoms with Gasteiger partial charge < -0.3 is 5.32 Å². The maximum atomic E-state index is 12.6. The summed E-state index contributed by atoms with van der Waals surface area (Å²) in [6.07, 6.45) is 3.40. The van der Waals surface area contributed by atoms with Crippen LogP contribution in [0.4, 0.5) is 5.69 Å². The summed E-state index contributed by atoms with van der Waals surface area (Å²) < 4.78 is 1.98. The molecule has 0 unspecified atom stereocenters. The van der Waals surface area contributed by atoms with E-state index in [0.717, 1.165) is 41.0 Å². The Labute approximate surface area is 153 Å². The standard InChI is InChI=1S/C22H23N3O/c1-15-11-16(2)25(24-15)14-17-5-3-8-21(12-17)23-22(26)20-10-9-18-6-4-7-19(18)13-20/h3,5,8-13H,4,6-7,14H2,1-2H3,(H,23,26). The van der Waals surface area contributed by atoms with Crippen molar-refractivity contribution in [3.05, 3.63) is 82.2 Å². The number of nitrogens with zero attached hydrogens (tertiary/aromatic N) is 2. The fourth-order valence-electron chi connectivity index (χ4n) is 3.67. The molecule has 1 N–H and O–H groups in total. The zero-order valence-corrected chi connectivity index (χ0v) is 15.2. The van der Waals surface area contributed by atoms with Gasteiger partial charge >= 0.3 is 0 Å². The lowest BCUT2D eigenvalue weighted by Gasteiger charge is -2.10. The summed E-state index contributed by atoms with van der Waals surface area (Å²) in [4.78, 5) is 12.6. The molecule has 0 atom stereocenters. The molecule has 2 aromatic carbocycles. The molecule has 1 aliphatic carbocycles. The number of carbonyl (C=O) groups excluding carboxylic acids is 1. The van der Waals surface area contributed by atoms with Crippen LogP contribution in [0.2, 0.25) is 0 Å². The molecule has 0 saturated heterocycles. The maximum absolute atomic E-state index is 12.6. The summed E-state index contributed by atoms with van der Waals surface area (Å²) in [7, 11) is 0. The van der Waals surface area contributed by atoms with Crippen molar-refractivity contribution in [3.63, 3.8) is 0 Å². The molecule has 1 aromatic heterocycles. The molecule has 0 saturated carbocycles. The van der Waals surface area contributed by atoms with Gasteiger partial charge in [0.25, 0.3) is 5.91 Å². The summed E-state index contributed by atoms with van der Waals surface area (Å²) in [6, 6.07) is 16.1. The summed E-state index contributed by atoms with van der Waals surface area (Å²) in [6.45, 7) is 4.75. The van der Waals surface area contributed by atoms with Crippen molar-refractivity contribution in [1.82, 2.24) is 9.78 Å². The van der Waals surface area contributed by atoms with Gasteiger partial charge in [0, 0.05) is 16.9 Å². The minimum atomic E-state index is -0.0528. The number of amides is 1. The van der Waals surface area contributed by atoms with Gasteiger partial charge in [-0.05, 0) is 80.1 Å². The lowest BCUT2D eigenvalue weighted by Crippen LogP contribution is -2.13. The lowest BCUT2D eigenvalue weighted by molar-refractivity contribution is 0.102. The van der Waals surface area contributed by atoms with Gasteiger partial charge in [-0.25, -0.2) is 0 Å². The number of rotatable bonds is 4. The fraction of sp³-hybridized carbons (Fsp3) is 0.273. The van der Waals surface area contributed by atoms with E-state index in [-0.39, 0.29) is 5.91 Å². The zero-order chi connectivity index (χ0) is 18.1. The van der Waals surface area contributed by atoms with E-state index in [0.29, 0.717) is 6.54 Å². The average Bonchev–Trinajstić information content (AvgIpc) is 3.20. The third-order valence-electron chi connectivity index (χ3n) is 4.98. The molecular weight excluding hydrogens is 322 g/mol. The summed E-state index contributed by atoms with van der Waals surface area (Å²) in [5, 5.41) is 7.53. The Morgan fingerprint density at radius 1 is 1.08 bits per heavy atom. The van der Waals surface area contributed by atoms with Crippen LogP contribution in [0.25, 0.3) is 0 Å². The number of carbonyl (C=O) groups is 1. The van der Waals surface area contributed by atoms with E-state index in [9.17, 15) is 4.79 Å². The van der Waals surface area contributed by atoms with E-state index in [1.54, 1.807) is 0 Å². The van der Waals surface area contributed by atoms with E-state index in [4.69, 9.17) is 0 Å². The Morgan fingerprint density at radius 3 is 2.73 bits per heavy atom. The molecule has 1 amide bonds. The molecule has 4 nitrogen and oxygen atoms in total. The second-order valence-electron chi connectivity index (χ2n) is 7.08. The van der Waals surface area contributed by atoms with Crippen LogP contribution in [0, 0.1) is 13.8 Å². The van der Waals surface area contributed by atoms with Crippen LogP contribution in [0.3, 0.4) is 0 Å². The zero-order valence-electron chi connectivity index (χ0n) is 15.2. The van der Waals surface area contributed by atoms with E-state index < -0.39 is 0 Å². The van der Waals surface area contributed by atoms with Crippen molar-refractivity contribution in [2.24, 2.45) is 0 Å². The van der Waals surface area contributed by atoms with Crippen LogP contribution in [0.5, 0.6) is 0 Å². The van der Waals surface area contributed by atoms with Crippen molar-refractivity contribution < 1.29 is 4.79 Å². The Kier molecular flexibility index (Phi) is 4.33.